The van der Waals surface area contributed by atoms with Gasteiger partial charge in [0, 0.05) is 6.54 Å². The molecular formula is C10H15NO2. The highest BCUT2D eigenvalue weighted by molar-refractivity contribution is 5.70. The van der Waals surface area contributed by atoms with Crippen LogP contribution in [0.4, 0.5) is 4.79 Å². The van der Waals surface area contributed by atoms with Crippen molar-refractivity contribution in [2.75, 3.05) is 6.54 Å². The van der Waals surface area contributed by atoms with Gasteiger partial charge in [-0.15, -0.1) is 0 Å². The summed E-state index contributed by atoms with van der Waals surface area (Å²) in [5, 5.41) is 0. The molecule has 72 valence electrons. The molecule has 2 atom stereocenters. The lowest BCUT2D eigenvalue weighted by atomic mass is 10.1. The lowest BCUT2D eigenvalue weighted by molar-refractivity contribution is 0.137. The van der Waals surface area contributed by atoms with E-state index in [4.69, 9.17) is 4.74 Å². The number of allylic oxidation sites excluding steroid dienone is 1. The van der Waals surface area contributed by atoms with Crippen LogP contribution in [0.15, 0.2) is 12.2 Å². The SMILES string of the molecule is CC1OC(=O)N2CCCC=CCC12. The number of carbonyl (C=O) groups is 1. The molecule has 3 nitrogen and oxygen atoms in total. The van der Waals surface area contributed by atoms with Crippen molar-refractivity contribution < 1.29 is 9.53 Å². The number of nitrogens with zero attached hydrogens (tertiary/aromatic N) is 1. The molecule has 0 aliphatic carbocycles. The molecule has 0 saturated carbocycles. The van der Waals surface area contributed by atoms with Gasteiger partial charge in [0.05, 0.1) is 6.04 Å². The van der Waals surface area contributed by atoms with E-state index in [1.165, 1.54) is 0 Å². The largest absolute Gasteiger partial charge is 0.444 e. The van der Waals surface area contributed by atoms with Crippen molar-refractivity contribution >= 4 is 6.09 Å². The van der Waals surface area contributed by atoms with Gasteiger partial charge < -0.3 is 9.64 Å². The Balaban J connectivity index is 2.14. The van der Waals surface area contributed by atoms with E-state index in [0.29, 0.717) is 0 Å². The molecule has 2 heterocycles. The lowest BCUT2D eigenvalue weighted by Crippen LogP contribution is -2.36. The van der Waals surface area contributed by atoms with Crippen molar-refractivity contribution in [3.05, 3.63) is 12.2 Å². The van der Waals surface area contributed by atoms with Crippen LogP contribution in [0.5, 0.6) is 0 Å². The second kappa shape index (κ2) is 3.40. The second-order valence-electron chi connectivity index (χ2n) is 3.70. The predicted molar refractivity (Wildman–Crippen MR) is 49.4 cm³/mol. The zero-order chi connectivity index (χ0) is 9.26. The highest BCUT2D eigenvalue weighted by atomic mass is 16.6. The van der Waals surface area contributed by atoms with Crippen LogP contribution in [0.3, 0.4) is 0 Å². The molecule has 0 bridgehead atoms. The predicted octanol–water partition coefficient (Wildman–Crippen LogP) is 1.94. The Morgan fingerprint density at radius 2 is 2.38 bits per heavy atom. The summed E-state index contributed by atoms with van der Waals surface area (Å²) < 4.78 is 5.17. The van der Waals surface area contributed by atoms with Crippen molar-refractivity contribution in [2.45, 2.75) is 38.3 Å². The highest BCUT2D eigenvalue weighted by Gasteiger charge is 2.37. The summed E-state index contributed by atoms with van der Waals surface area (Å²) in [7, 11) is 0. The summed E-state index contributed by atoms with van der Waals surface area (Å²) >= 11 is 0. The molecule has 0 aromatic rings. The van der Waals surface area contributed by atoms with E-state index in [0.717, 1.165) is 25.8 Å². The lowest BCUT2D eigenvalue weighted by Gasteiger charge is -2.23. The van der Waals surface area contributed by atoms with Crippen LogP contribution in [0.2, 0.25) is 0 Å². The molecule has 3 heteroatoms. The number of rotatable bonds is 0. The standard InChI is InChI=1S/C10H15NO2/c1-8-9-6-4-2-3-5-7-11(9)10(12)13-8/h2,4,8-9H,3,5-7H2,1H3. The van der Waals surface area contributed by atoms with Gasteiger partial charge in [-0.3, -0.25) is 0 Å². The third-order valence-corrected chi connectivity index (χ3v) is 2.78. The Kier molecular flexibility index (Phi) is 2.25. The molecule has 2 aliphatic heterocycles. The molecule has 1 saturated heterocycles. The van der Waals surface area contributed by atoms with Crippen molar-refractivity contribution in [1.82, 2.24) is 4.90 Å². The summed E-state index contributed by atoms with van der Waals surface area (Å²) in [5.74, 6) is 0. The number of cyclic esters (lactones) is 1. The van der Waals surface area contributed by atoms with Gasteiger partial charge in [-0.1, -0.05) is 12.2 Å². The molecule has 0 N–H and O–H groups in total. The molecule has 1 amide bonds. The Morgan fingerprint density at radius 1 is 1.54 bits per heavy atom. The Hall–Kier alpha value is -0.990. The maximum atomic E-state index is 11.4. The monoisotopic (exact) mass is 181 g/mol. The first-order valence-electron chi connectivity index (χ1n) is 4.91. The van der Waals surface area contributed by atoms with Gasteiger partial charge in [0.25, 0.3) is 0 Å². The summed E-state index contributed by atoms with van der Waals surface area (Å²) in [6, 6.07) is 0.268. The summed E-state index contributed by atoms with van der Waals surface area (Å²) in [6.07, 6.45) is 7.34. The minimum absolute atomic E-state index is 0.0512. The molecule has 2 rings (SSSR count). The minimum atomic E-state index is -0.132. The molecule has 1 fully saturated rings. The first-order chi connectivity index (χ1) is 6.29. The van der Waals surface area contributed by atoms with Gasteiger partial charge in [0.2, 0.25) is 0 Å². The van der Waals surface area contributed by atoms with Crippen molar-refractivity contribution in [3.63, 3.8) is 0 Å². The highest BCUT2D eigenvalue weighted by Crippen LogP contribution is 2.24. The van der Waals surface area contributed by atoms with Crippen molar-refractivity contribution in [3.8, 4) is 0 Å². The maximum absolute atomic E-state index is 11.4. The third kappa shape index (κ3) is 1.55. The van der Waals surface area contributed by atoms with Gasteiger partial charge in [0.15, 0.2) is 0 Å². The van der Waals surface area contributed by atoms with E-state index in [9.17, 15) is 4.79 Å². The second-order valence-corrected chi connectivity index (χ2v) is 3.70. The summed E-state index contributed by atoms with van der Waals surface area (Å²) in [4.78, 5) is 13.2. The Labute approximate surface area is 78.4 Å². The molecule has 2 aliphatic rings. The molecule has 2 unspecified atom stereocenters. The van der Waals surface area contributed by atoms with Crippen LogP contribution >= 0.6 is 0 Å². The molecule has 0 radical (unpaired) electrons. The van der Waals surface area contributed by atoms with Crippen LogP contribution < -0.4 is 0 Å². The van der Waals surface area contributed by atoms with Crippen LogP contribution in [-0.4, -0.2) is 29.7 Å². The normalized spacial score (nSPS) is 33.6. The fourth-order valence-corrected chi connectivity index (χ4v) is 2.00. The number of ether oxygens (including phenoxy) is 1. The van der Waals surface area contributed by atoms with E-state index in [-0.39, 0.29) is 18.2 Å². The first-order valence-corrected chi connectivity index (χ1v) is 4.91. The van der Waals surface area contributed by atoms with Gasteiger partial charge in [0.1, 0.15) is 6.10 Å². The van der Waals surface area contributed by atoms with Crippen molar-refractivity contribution in [1.29, 1.82) is 0 Å². The van der Waals surface area contributed by atoms with E-state index >= 15 is 0 Å². The number of carbonyl (C=O) groups excluding carboxylic acids is 1. The van der Waals surface area contributed by atoms with E-state index < -0.39 is 0 Å². The van der Waals surface area contributed by atoms with Gasteiger partial charge in [-0.25, -0.2) is 4.79 Å². The Bertz CT molecular complexity index is 237. The van der Waals surface area contributed by atoms with Gasteiger partial charge in [-0.05, 0) is 26.2 Å². The molecule has 0 spiro atoms. The fourth-order valence-electron chi connectivity index (χ4n) is 2.00. The Morgan fingerprint density at radius 3 is 3.23 bits per heavy atom. The number of hydrogen-bond acceptors (Lipinski definition) is 2. The first kappa shape index (κ1) is 8.60. The summed E-state index contributed by atoms with van der Waals surface area (Å²) in [5.41, 5.74) is 0. The molecular weight excluding hydrogens is 166 g/mol. The van der Waals surface area contributed by atoms with Gasteiger partial charge >= 0.3 is 6.09 Å². The van der Waals surface area contributed by atoms with Gasteiger partial charge in [-0.2, -0.15) is 0 Å². The topological polar surface area (TPSA) is 29.5 Å². The van der Waals surface area contributed by atoms with Crippen LogP contribution in [0.1, 0.15) is 26.2 Å². The van der Waals surface area contributed by atoms with Crippen LogP contribution in [0.25, 0.3) is 0 Å². The number of hydrogen-bond donors (Lipinski definition) is 0. The van der Waals surface area contributed by atoms with E-state index in [1.54, 1.807) is 0 Å². The average Bonchev–Trinajstić information content (AvgIpc) is 2.25. The number of fused-ring (bicyclic) bond motifs is 1. The average molecular weight is 181 g/mol. The van der Waals surface area contributed by atoms with Crippen molar-refractivity contribution in [2.24, 2.45) is 0 Å². The quantitative estimate of drug-likeness (QED) is 0.534. The third-order valence-electron chi connectivity index (χ3n) is 2.78. The number of amides is 1. The van der Waals surface area contributed by atoms with E-state index in [1.807, 2.05) is 11.8 Å². The summed E-state index contributed by atoms with van der Waals surface area (Å²) in [6.45, 7) is 2.82. The molecule has 0 aromatic carbocycles. The zero-order valence-corrected chi connectivity index (χ0v) is 7.90. The molecule has 13 heavy (non-hydrogen) atoms. The minimum Gasteiger partial charge on any atom is -0.444 e. The zero-order valence-electron chi connectivity index (χ0n) is 7.90. The smallest absolute Gasteiger partial charge is 0.410 e. The van der Waals surface area contributed by atoms with E-state index in [2.05, 4.69) is 12.2 Å². The maximum Gasteiger partial charge on any atom is 0.410 e. The van der Waals surface area contributed by atoms with Crippen LogP contribution in [-0.2, 0) is 4.74 Å². The van der Waals surface area contributed by atoms with Crippen LogP contribution in [0, 0.1) is 0 Å². The molecule has 0 aromatic heterocycles. The fraction of sp³-hybridized carbons (Fsp3) is 0.700.